The zero-order valence-corrected chi connectivity index (χ0v) is 12.6. The summed E-state index contributed by atoms with van der Waals surface area (Å²) in [6.07, 6.45) is 0.453. The molecule has 1 N–H and O–H groups in total. The van der Waals surface area contributed by atoms with Crippen molar-refractivity contribution in [2.75, 3.05) is 13.7 Å². The molecular formula is C11H13BrFNO4S. The fourth-order valence-corrected chi connectivity index (χ4v) is 3.43. The number of carbonyl (C=O) groups excluding carboxylic acids is 1. The molecular weight excluding hydrogens is 341 g/mol. The average molecular weight is 354 g/mol. The van der Waals surface area contributed by atoms with Crippen LogP contribution in [0.5, 0.6) is 0 Å². The van der Waals surface area contributed by atoms with Gasteiger partial charge in [0, 0.05) is 17.4 Å². The van der Waals surface area contributed by atoms with Crippen molar-refractivity contribution in [3.8, 4) is 0 Å². The normalized spacial score (nSPS) is 11.3. The molecule has 0 aliphatic heterocycles. The van der Waals surface area contributed by atoms with Crippen LogP contribution in [0, 0.1) is 5.82 Å². The maximum atomic E-state index is 12.9. The van der Waals surface area contributed by atoms with E-state index in [1.807, 2.05) is 0 Å². The van der Waals surface area contributed by atoms with Crippen molar-refractivity contribution in [2.45, 2.75) is 17.7 Å². The zero-order valence-electron chi connectivity index (χ0n) is 10.2. The van der Waals surface area contributed by atoms with Crippen molar-refractivity contribution in [3.63, 3.8) is 0 Å². The van der Waals surface area contributed by atoms with E-state index in [2.05, 4.69) is 25.4 Å². The molecule has 0 atom stereocenters. The van der Waals surface area contributed by atoms with Crippen LogP contribution < -0.4 is 4.72 Å². The van der Waals surface area contributed by atoms with Crippen molar-refractivity contribution in [3.05, 3.63) is 28.5 Å². The van der Waals surface area contributed by atoms with E-state index in [-0.39, 0.29) is 22.3 Å². The predicted octanol–water partition coefficient (Wildman–Crippen LogP) is 1.82. The summed E-state index contributed by atoms with van der Waals surface area (Å²) < 4.78 is 43.6. The number of rotatable bonds is 6. The van der Waals surface area contributed by atoms with Crippen LogP contribution in [0.1, 0.15) is 12.8 Å². The van der Waals surface area contributed by atoms with Gasteiger partial charge in [-0.15, -0.1) is 0 Å². The first kappa shape index (κ1) is 16.1. The molecule has 106 valence electrons. The third-order valence-electron chi connectivity index (χ3n) is 2.26. The van der Waals surface area contributed by atoms with Crippen LogP contribution in [0.2, 0.25) is 0 Å². The molecule has 0 spiro atoms. The number of halogens is 2. The average Bonchev–Trinajstić information content (AvgIpc) is 2.33. The lowest BCUT2D eigenvalue weighted by Crippen LogP contribution is -2.25. The molecule has 5 nitrogen and oxygen atoms in total. The van der Waals surface area contributed by atoms with E-state index in [4.69, 9.17) is 0 Å². The first-order valence-electron chi connectivity index (χ1n) is 5.38. The van der Waals surface area contributed by atoms with Crippen LogP contribution in [0.15, 0.2) is 27.6 Å². The van der Waals surface area contributed by atoms with Crippen LogP contribution in [0.4, 0.5) is 4.39 Å². The van der Waals surface area contributed by atoms with Gasteiger partial charge in [0.2, 0.25) is 10.0 Å². The molecule has 19 heavy (non-hydrogen) atoms. The number of benzene rings is 1. The Morgan fingerprint density at radius 1 is 1.47 bits per heavy atom. The number of nitrogens with one attached hydrogen (secondary N) is 1. The van der Waals surface area contributed by atoms with Gasteiger partial charge in [-0.3, -0.25) is 4.79 Å². The molecule has 1 aromatic rings. The molecule has 8 heteroatoms. The SMILES string of the molecule is COC(=O)CCCNS(=O)(=O)c1ccc(F)cc1Br. The van der Waals surface area contributed by atoms with Gasteiger partial charge in [0.05, 0.1) is 12.0 Å². The minimum absolute atomic E-state index is 0.0491. The van der Waals surface area contributed by atoms with Crippen molar-refractivity contribution in [1.29, 1.82) is 0 Å². The standard InChI is InChI=1S/C11H13BrFNO4S/c1-18-11(15)3-2-6-14-19(16,17)10-5-4-8(13)7-9(10)12/h4-5,7,14H,2-3,6H2,1H3. The molecule has 0 fully saturated rings. The highest BCUT2D eigenvalue weighted by Gasteiger charge is 2.17. The fraction of sp³-hybridized carbons (Fsp3) is 0.364. The summed E-state index contributed by atoms with van der Waals surface area (Å²) in [4.78, 5) is 10.8. The lowest BCUT2D eigenvalue weighted by Gasteiger charge is -2.08. The summed E-state index contributed by atoms with van der Waals surface area (Å²) in [7, 11) is -2.46. The highest BCUT2D eigenvalue weighted by molar-refractivity contribution is 9.10. The minimum atomic E-state index is -3.73. The Bertz CT molecular complexity index is 562. The molecule has 0 saturated heterocycles. The third kappa shape index (κ3) is 4.88. The molecule has 1 aromatic carbocycles. The monoisotopic (exact) mass is 353 g/mol. The lowest BCUT2D eigenvalue weighted by molar-refractivity contribution is -0.140. The first-order chi connectivity index (χ1) is 8.86. The maximum absolute atomic E-state index is 12.9. The van der Waals surface area contributed by atoms with Gasteiger partial charge in [0.1, 0.15) is 5.82 Å². The van der Waals surface area contributed by atoms with Gasteiger partial charge < -0.3 is 4.74 Å². The largest absolute Gasteiger partial charge is 0.469 e. The molecule has 0 amide bonds. The van der Waals surface area contributed by atoms with Crippen molar-refractivity contribution in [2.24, 2.45) is 0 Å². The van der Waals surface area contributed by atoms with Gasteiger partial charge in [-0.1, -0.05) is 0 Å². The first-order valence-corrected chi connectivity index (χ1v) is 7.66. The number of esters is 1. The highest BCUT2D eigenvalue weighted by atomic mass is 79.9. The molecule has 0 bridgehead atoms. The lowest BCUT2D eigenvalue weighted by atomic mass is 10.3. The topological polar surface area (TPSA) is 72.5 Å². The Hall–Kier alpha value is -0.990. The number of ether oxygens (including phenoxy) is 1. The minimum Gasteiger partial charge on any atom is -0.469 e. The Labute approximate surface area is 119 Å². The number of hydrogen-bond acceptors (Lipinski definition) is 4. The molecule has 0 saturated carbocycles. The fourth-order valence-electron chi connectivity index (χ4n) is 1.31. The van der Waals surface area contributed by atoms with Crippen LogP contribution in [-0.2, 0) is 19.6 Å². The number of carbonyl (C=O) groups is 1. The number of sulfonamides is 1. The number of methoxy groups -OCH3 is 1. The van der Waals surface area contributed by atoms with E-state index in [9.17, 15) is 17.6 Å². The third-order valence-corrected chi connectivity index (χ3v) is 4.70. The zero-order chi connectivity index (χ0) is 14.5. The van der Waals surface area contributed by atoms with E-state index < -0.39 is 21.8 Å². The van der Waals surface area contributed by atoms with Gasteiger partial charge in [-0.25, -0.2) is 17.5 Å². The Kier molecular flexibility index (Phi) is 5.89. The molecule has 0 aliphatic carbocycles. The molecule has 0 heterocycles. The van der Waals surface area contributed by atoms with E-state index in [1.54, 1.807) is 0 Å². The Morgan fingerprint density at radius 2 is 2.16 bits per heavy atom. The molecule has 0 aromatic heterocycles. The van der Waals surface area contributed by atoms with Crippen LogP contribution in [0.25, 0.3) is 0 Å². The quantitative estimate of drug-likeness (QED) is 0.625. The summed E-state index contributed by atoms with van der Waals surface area (Å²) in [6.45, 7) is 0.0985. The number of hydrogen-bond donors (Lipinski definition) is 1. The second-order valence-corrected chi connectivity index (χ2v) is 6.24. The van der Waals surface area contributed by atoms with Crippen molar-refractivity contribution in [1.82, 2.24) is 4.72 Å². The predicted molar refractivity (Wildman–Crippen MR) is 70.5 cm³/mol. The van der Waals surface area contributed by atoms with Gasteiger partial charge in [-0.2, -0.15) is 0 Å². The highest BCUT2D eigenvalue weighted by Crippen LogP contribution is 2.22. The molecule has 0 unspecified atom stereocenters. The van der Waals surface area contributed by atoms with Gasteiger partial charge in [0.15, 0.2) is 0 Å². The smallest absolute Gasteiger partial charge is 0.305 e. The van der Waals surface area contributed by atoms with Crippen molar-refractivity contribution < 1.29 is 22.3 Å². The van der Waals surface area contributed by atoms with E-state index in [1.165, 1.54) is 13.2 Å². The van der Waals surface area contributed by atoms with E-state index >= 15 is 0 Å². The van der Waals surface area contributed by atoms with Crippen LogP contribution in [0.3, 0.4) is 0 Å². The molecule has 0 aliphatic rings. The summed E-state index contributed by atoms with van der Waals surface area (Å²) in [5.74, 6) is -0.932. The van der Waals surface area contributed by atoms with E-state index in [0.717, 1.165) is 12.1 Å². The van der Waals surface area contributed by atoms with Gasteiger partial charge in [0.25, 0.3) is 0 Å². The Morgan fingerprint density at radius 3 is 2.74 bits per heavy atom. The summed E-state index contributed by atoms with van der Waals surface area (Å²) >= 11 is 2.99. The van der Waals surface area contributed by atoms with Gasteiger partial charge >= 0.3 is 5.97 Å². The van der Waals surface area contributed by atoms with Crippen LogP contribution >= 0.6 is 15.9 Å². The Balaban J connectivity index is 2.63. The van der Waals surface area contributed by atoms with Crippen molar-refractivity contribution >= 4 is 31.9 Å². The van der Waals surface area contributed by atoms with Gasteiger partial charge in [-0.05, 0) is 40.5 Å². The molecule has 0 radical (unpaired) electrons. The second-order valence-electron chi connectivity index (χ2n) is 3.65. The second kappa shape index (κ2) is 6.97. The molecule has 1 rings (SSSR count). The summed E-state index contributed by atoms with van der Waals surface area (Å²) in [5, 5.41) is 0. The summed E-state index contributed by atoms with van der Waals surface area (Å²) in [5.41, 5.74) is 0. The van der Waals surface area contributed by atoms with Crippen LogP contribution in [-0.4, -0.2) is 28.0 Å². The maximum Gasteiger partial charge on any atom is 0.305 e. The van der Waals surface area contributed by atoms with E-state index in [0.29, 0.717) is 6.42 Å². The summed E-state index contributed by atoms with van der Waals surface area (Å²) in [6, 6.07) is 3.30.